The first-order valence-corrected chi connectivity index (χ1v) is 5.91. The van der Waals surface area contributed by atoms with Crippen LogP contribution < -0.4 is 5.32 Å². The first kappa shape index (κ1) is 12.8. The van der Waals surface area contributed by atoms with Crippen molar-refractivity contribution in [1.82, 2.24) is 0 Å². The molecule has 2 N–H and O–H groups in total. The summed E-state index contributed by atoms with van der Waals surface area (Å²) in [4.78, 5) is 0. The highest BCUT2D eigenvalue weighted by Crippen LogP contribution is 2.26. The summed E-state index contributed by atoms with van der Waals surface area (Å²) in [6.45, 7) is 4.89. The number of hydrogen-bond acceptors (Lipinski definition) is 2. The van der Waals surface area contributed by atoms with Gasteiger partial charge in [0.2, 0.25) is 0 Å². The van der Waals surface area contributed by atoms with Crippen LogP contribution >= 0.6 is 27.5 Å². The topological polar surface area (TPSA) is 32.3 Å². The molecular formula is C11H15BrClNO. The minimum atomic E-state index is -0.119. The number of benzene rings is 1. The van der Waals surface area contributed by atoms with Crippen molar-refractivity contribution in [2.24, 2.45) is 5.41 Å². The van der Waals surface area contributed by atoms with Gasteiger partial charge in [-0.25, -0.2) is 0 Å². The van der Waals surface area contributed by atoms with E-state index >= 15 is 0 Å². The van der Waals surface area contributed by atoms with Crippen molar-refractivity contribution in [3.05, 3.63) is 27.7 Å². The highest BCUT2D eigenvalue weighted by atomic mass is 79.9. The van der Waals surface area contributed by atoms with Crippen molar-refractivity contribution >= 4 is 33.2 Å². The molecule has 0 amide bonds. The molecule has 0 unspecified atom stereocenters. The molecule has 1 aromatic rings. The van der Waals surface area contributed by atoms with Crippen LogP contribution in [0.3, 0.4) is 0 Å². The zero-order valence-electron chi connectivity index (χ0n) is 8.85. The van der Waals surface area contributed by atoms with E-state index in [1.165, 1.54) is 0 Å². The molecule has 0 fully saturated rings. The van der Waals surface area contributed by atoms with E-state index in [9.17, 15) is 0 Å². The Balaban J connectivity index is 2.62. The predicted molar refractivity (Wildman–Crippen MR) is 68.5 cm³/mol. The lowest BCUT2D eigenvalue weighted by Crippen LogP contribution is -2.26. The molecule has 0 bridgehead atoms. The van der Waals surface area contributed by atoms with Crippen LogP contribution in [0.5, 0.6) is 0 Å². The van der Waals surface area contributed by atoms with Gasteiger partial charge in [-0.15, -0.1) is 0 Å². The molecule has 0 spiro atoms. The largest absolute Gasteiger partial charge is 0.396 e. The second-order valence-corrected chi connectivity index (χ2v) is 5.57. The lowest BCUT2D eigenvalue weighted by molar-refractivity contribution is 0.171. The molecule has 2 nitrogen and oxygen atoms in total. The van der Waals surface area contributed by atoms with Crippen LogP contribution in [-0.2, 0) is 0 Å². The summed E-state index contributed by atoms with van der Waals surface area (Å²) < 4.78 is 0.871. The van der Waals surface area contributed by atoms with Gasteiger partial charge in [0.1, 0.15) is 0 Å². The lowest BCUT2D eigenvalue weighted by Gasteiger charge is -2.22. The average Bonchev–Trinajstić information content (AvgIpc) is 2.20. The molecule has 0 aliphatic carbocycles. The summed E-state index contributed by atoms with van der Waals surface area (Å²) in [6.07, 6.45) is 0. The van der Waals surface area contributed by atoms with E-state index < -0.39 is 0 Å². The highest BCUT2D eigenvalue weighted by molar-refractivity contribution is 9.10. The van der Waals surface area contributed by atoms with Crippen LogP contribution in [0.1, 0.15) is 13.8 Å². The molecule has 0 radical (unpaired) electrons. The molecule has 0 atom stereocenters. The van der Waals surface area contributed by atoms with Gasteiger partial charge in [0, 0.05) is 28.7 Å². The van der Waals surface area contributed by atoms with Crippen molar-refractivity contribution in [1.29, 1.82) is 0 Å². The van der Waals surface area contributed by atoms with E-state index in [1.807, 2.05) is 32.0 Å². The van der Waals surface area contributed by atoms with Crippen molar-refractivity contribution in [2.75, 3.05) is 18.5 Å². The second kappa shape index (κ2) is 5.19. The van der Waals surface area contributed by atoms with Gasteiger partial charge in [0.15, 0.2) is 0 Å². The Hall–Kier alpha value is -0.250. The fourth-order valence-corrected chi connectivity index (χ4v) is 1.50. The molecule has 0 aliphatic heterocycles. The molecule has 0 heterocycles. The Bertz CT molecular complexity index is 341. The monoisotopic (exact) mass is 291 g/mol. The zero-order chi connectivity index (χ0) is 11.5. The first-order chi connectivity index (χ1) is 6.94. The van der Waals surface area contributed by atoms with Gasteiger partial charge in [-0.3, -0.25) is 0 Å². The van der Waals surface area contributed by atoms with Crippen LogP contribution in [-0.4, -0.2) is 18.3 Å². The van der Waals surface area contributed by atoms with E-state index in [4.69, 9.17) is 16.7 Å². The number of hydrogen-bond donors (Lipinski definition) is 2. The summed E-state index contributed by atoms with van der Waals surface area (Å²) in [6, 6.07) is 5.68. The van der Waals surface area contributed by atoms with Gasteiger partial charge in [-0.1, -0.05) is 25.4 Å². The van der Waals surface area contributed by atoms with E-state index in [2.05, 4.69) is 21.2 Å². The van der Waals surface area contributed by atoms with Gasteiger partial charge >= 0.3 is 0 Å². The molecular weight excluding hydrogens is 277 g/mol. The first-order valence-electron chi connectivity index (χ1n) is 4.74. The van der Waals surface area contributed by atoms with Crippen molar-refractivity contribution < 1.29 is 5.11 Å². The quantitative estimate of drug-likeness (QED) is 0.890. The number of aliphatic hydroxyl groups excluding tert-OH is 1. The van der Waals surface area contributed by atoms with Crippen LogP contribution in [0.25, 0.3) is 0 Å². The van der Waals surface area contributed by atoms with Crippen molar-refractivity contribution in [2.45, 2.75) is 13.8 Å². The maximum atomic E-state index is 9.10. The highest BCUT2D eigenvalue weighted by Gasteiger charge is 2.15. The fourth-order valence-electron chi connectivity index (χ4n) is 1.00. The number of halogens is 2. The molecule has 0 saturated heterocycles. The van der Waals surface area contributed by atoms with Gasteiger partial charge in [-0.2, -0.15) is 0 Å². The van der Waals surface area contributed by atoms with Gasteiger partial charge in [-0.05, 0) is 34.1 Å². The van der Waals surface area contributed by atoms with Crippen LogP contribution in [0.4, 0.5) is 5.69 Å². The second-order valence-electron chi connectivity index (χ2n) is 4.30. The predicted octanol–water partition coefficient (Wildman–Crippen LogP) is 3.53. The summed E-state index contributed by atoms with van der Waals surface area (Å²) in [5.41, 5.74) is 0.874. The normalized spacial score (nSPS) is 11.5. The Morgan fingerprint density at radius 3 is 2.67 bits per heavy atom. The molecule has 0 aromatic heterocycles. The number of anilines is 1. The number of rotatable bonds is 4. The maximum absolute atomic E-state index is 9.10. The van der Waals surface area contributed by atoms with Gasteiger partial charge in [0.05, 0.1) is 5.02 Å². The Morgan fingerprint density at radius 2 is 2.13 bits per heavy atom. The van der Waals surface area contributed by atoms with Crippen LogP contribution in [0, 0.1) is 5.41 Å². The maximum Gasteiger partial charge on any atom is 0.0549 e. The minimum Gasteiger partial charge on any atom is -0.396 e. The number of aliphatic hydroxyl groups is 1. The molecule has 0 aliphatic rings. The zero-order valence-corrected chi connectivity index (χ0v) is 11.2. The third-order valence-electron chi connectivity index (χ3n) is 2.12. The number of nitrogens with one attached hydrogen (secondary N) is 1. The molecule has 15 heavy (non-hydrogen) atoms. The standard InChI is InChI=1S/C11H15BrClNO/c1-11(2,7-15)6-14-8-3-4-10(13)9(12)5-8/h3-5,14-15H,6-7H2,1-2H3. The molecule has 1 aromatic carbocycles. The molecule has 84 valence electrons. The molecule has 4 heteroatoms. The summed E-state index contributed by atoms with van der Waals surface area (Å²) in [7, 11) is 0. The Kier molecular flexibility index (Phi) is 4.44. The third kappa shape index (κ3) is 4.01. The Labute approximate surface area is 104 Å². The Morgan fingerprint density at radius 1 is 1.47 bits per heavy atom. The van der Waals surface area contributed by atoms with E-state index in [0.717, 1.165) is 16.7 Å². The summed E-state index contributed by atoms with van der Waals surface area (Å²) >= 11 is 9.25. The summed E-state index contributed by atoms with van der Waals surface area (Å²) in [5, 5.41) is 13.1. The van der Waals surface area contributed by atoms with Crippen molar-refractivity contribution in [3.8, 4) is 0 Å². The van der Waals surface area contributed by atoms with Crippen LogP contribution in [0.2, 0.25) is 5.02 Å². The van der Waals surface area contributed by atoms with Gasteiger partial charge in [0.25, 0.3) is 0 Å². The average molecular weight is 293 g/mol. The van der Waals surface area contributed by atoms with Crippen LogP contribution in [0.15, 0.2) is 22.7 Å². The third-order valence-corrected chi connectivity index (χ3v) is 3.33. The minimum absolute atomic E-state index is 0.119. The van der Waals surface area contributed by atoms with E-state index in [0.29, 0.717) is 5.02 Å². The molecule has 0 saturated carbocycles. The summed E-state index contributed by atoms with van der Waals surface area (Å²) in [5.74, 6) is 0. The fraction of sp³-hybridized carbons (Fsp3) is 0.455. The SMILES string of the molecule is CC(C)(CO)CNc1ccc(Cl)c(Br)c1. The molecule has 1 rings (SSSR count). The smallest absolute Gasteiger partial charge is 0.0549 e. The lowest BCUT2D eigenvalue weighted by atomic mass is 9.95. The van der Waals surface area contributed by atoms with Gasteiger partial charge < -0.3 is 10.4 Å². The van der Waals surface area contributed by atoms with E-state index in [1.54, 1.807) is 0 Å². The van der Waals surface area contributed by atoms with E-state index in [-0.39, 0.29) is 12.0 Å². The van der Waals surface area contributed by atoms with Crippen molar-refractivity contribution in [3.63, 3.8) is 0 Å².